The topological polar surface area (TPSA) is 96.7 Å². The second kappa shape index (κ2) is 8.91. The van der Waals surface area contributed by atoms with Gasteiger partial charge in [-0.15, -0.1) is 0 Å². The number of aliphatic carboxylic acids is 1. The Balaban J connectivity index is 1.69. The Labute approximate surface area is 235 Å². The van der Waals surface area contributed by atoms with E-state index in [2.05, 4.69) is 99.6 Å². The molecule has 0 aromatic carbocycles. The highest BCUT2D eigenvalue weighted by Crippen LogP contribution is 2.56. The molecule has 3 unspecified atom stereocenters. The van der Waals surface area contributed by atoms with E-state index in [1.54, 1.807) is 0 Å². The highest BCUT2D eigenvalue weighted by atomic mass is 16.4. The lowest BCUT2D eigenvalue weighted by atomic mass is 9.61. The van der Waals surface area contributed by atoms with Crippen molar-refractivity contribution >= 4 is 36.3 Å². The van der Waals surface area contributed by atoms with Crippen LogP contribution in [0, 0.1) is 51.9 Å². The van der Waals surface area contributed by atoms with Crippen LogP contribution in [0.25, 0.3) is 30.4 Å². The van der Waals surface area contributed by atoms with Crippen molar-refractivity contribution in [2.75, 3.05) is 0 Å². The molecular weight excluding hydrogens is 496 g/mol. The van der Waals surface area contributed by atoms with Gasteiger partial charge in [0.15, 0.2) is 0 Å². The van der Waals surface area contributed by atoms with E-state index in [1.807, 2.05) is 12.2 Å². The van der Waals surface area contributed by atoms with E-state index in [-0.39, 0.29) is 11.8 Å². The van der Waals surface area contributed by atoms with Gasteiger partial charge in [0, 0.05) is 67.3 Å². The lowest BCUT2D eigenvalue weighted by molar-refractivity contribution is -0.133. The van der Waals surface area contributed by atoms with Crippen LogP contribution in [0.3, 0.4) is 0 Å². The minimum atomic E-state index is -0.835. The van der Waals surface area contributed by atoms with E-state index in [4.69, 9.17) is 0 Å². The van der Waals surface area contributed by atoms with Gasteiger partial charge in [0.2, 0.25) is 0 Å². The van der Waals surface area contributed by atoms with Crippen LogP contribution < -0.4 is 16.0 Å². The zero-order chi connectivity index (χ0) is 28.7. The van der Waals surface area contributed by atoms with Gasteiger partial charge in [0.1, 0.15) is 0 Å². The highest BCUT2D eigenvalue weighted by Gasteiger charge is 2.53. The Kier molecular flexibility index (Phi) is 5.81. The molecule has 6 rings (SSSR count). The molecule has 5 N–H and O–H groups in total. The fraction of sp³-hybridized carbons (Fsp3) is 0.324. The number of fused-ring (bicyclic) bond motifs is 11. The summed E-state index contributed by atoms with van der Waals surface area (Å²) in [4.78, 5) is 23.2. The summed E-state index contributed by atoms with van der Waals surface area (Å²) in [5.41, 5.74) is 13.4. The quantitative estimate of drug-likeness (QED) is 0.301. The predicted octanol–water partition coefficient (Wildman–Crippen LogP) is 5.49. The van der Waals surface area contributed by atoms with Crippen LogP contribution in [-0.2, 0) is 4.79 Å². The van der Waals surface area contributed by atoms with E-state index in [0.29, 0.717) is 12.0 Å². The van der Waals surface area contributed by atoms with Crippen molar-refractivity contribution in [2.24, 2.45) is 17.3 Å². The summed E-state index contributed by atoms with van der Waals surface area (Å²) in [5, 5.41) is 15.9. The average Bonchev–Trinajstić information content (AvgIpc) is 3.54. The molecule has 1 fully saturated rings. The van der Waals surface area contributed by atoms with Crippen molar-refractivity contribution in [1.29, 1.82) is 0 Å². The molecular formula is C34H38N4O2. The monoisotopic (exact) mass is 534 g/mol. The van der Waals surface area contributed by atoms with E-state index in [0.717, 1.165) is 56.0 Å². The normalized spacial score (nSPS) is 23.2. The van der Waals surface area contributed by atoms with Crippen molar-refractivity contribution in [3.05, 3.63) is 96.5 Å². The number of H-pyrrole nitrogens is 3. The van der Waals surface area contributed by atoms with Crippen LogP contribution in [0.5, 0.6) is 0 Å². The number of carboxylic acids is 1. The highest BCUT2D eigenvalue weighted by molar-refractivity contribution is 5.88. The first-order valence-electron chi connectivity index (χ1n) is 14.0. The first-order valence-corrected chi connectivity index (χ1v) is 14.0. The Morgan fingerprint density at radius 3 is 2.08 bits per heavy atom. The van der Waals surface area contributed by atoms with Crippen LogP contribution in [-0.4, -0.2) is 26.0 Å². The van der Waals surface area contributed by atoms with E-state index >= 15 is 0 Å². The Hall–Kier alpha value is -4.19. The molecule has 1 saturated heterocycles. The summed E-state index contributed by atoms with van der Waals surface area (Å²) in [5.74, 6) is -0.886. The van der Waals surface area contributed by atoms with Crippen LogP contribution in [0.1, 0.15) is 76.4 Å². The third-order valence-corrected chi connectivity index (χ3v) is 10.2. The van der Waals surface area contributed by atoms with Gasteiger partial charge in [-0.1, -0.05) is 32.6 Å². The van der Waals surface area contributed by atoms with Crippen molar-refractivity contribution in [3.63, 3.8) is 0 Å². The molecule has 0 saturated carbocycles. The number of allylic oxidation sites excluding steroid dienone is 3. The van der Waals surface area contributed by atoms with Crippen molar-refractivity contribution in [3.8, 4) is 0 Å². The van der Waals surface area contributed by atoms with Gasteiger partial charge < -0.3 is 25.4 Å². The Morgan fingerprint density at radius 1 is 0.875 bits per heavy atom. The number of aromatic nitrogens is 3. The maximum Gasteiger partial charge on any atom is 0.331 e. The summed E-state index contributed by atoms with van der Waals surface area (Å²) in [6.45, 7) is 19.1. The maximum atomic E-state index is 12.2. The van der Waals surface area contributed by atoms with Crippen LogP contribution >= 0.6 is 0 Å². The summed E-state index contributed by atoms with van der Waals surface area (Å²) >= 11 is 0. The molecule has 3 aliphatic rings. The molecule has 40 heavy (non-hydrogen) atoms. The molecule has 0 spiro atoms. The second-order valence-electron chi connectivity index (χ2n) is 11.9. The molecule has 0 radical (unpaired) electrons. The maximum absolute atomic E-state index is 12.2. The molecule has 3 aromatic rings. The predicted molar refractivity (Wildman–Crippen MR) is 163 cm³/mol. The van der Waals surface area contributed by atoms with E-state index in [9.17, 15) is 9.90 Å². The van der Waals surface area contributed by atoms with Gasteiger partial charge >= 0.3 is 5.97 Å². The van der Waals surface area contributed by atoms with Crippen molar-refractivity contribution in [1.82, 2.24) is 20.3 Å². The van der Waals surface area contributed by atoms with Crippen molar-refractivity contribution < 1.29 is 9.90 Å². The molecule has 6 nitrogen and oxygen atoms in total. The lowest BCUT2D eigenvalue weighted by Crippen LogP contribution is -2.37. The van der Waals surface area contributed by atoms with Crippen LogP contribution in [0.2, 0.25) is 0 Å². The zero-order valence-corrected chi connectivity index (χ0v) is 24.4. The third kappa shape index (κ3) is 3.58. The van der Waals surface area contributed by atoms with Crippen LogP contribution in [0.4, 0.5) is 0 Å². The zero-order valence-electron chi connectivity index (χ0n) is 24.4. The van der Waals surface area contributed by atoms with Gasteiger partial charge in [0.05, 0.1) is 0 Å². The minimum Gasteiger partial charge on any atom is -0.478 e. The van der Waals surface area contributed by atoms with Gasteiger partial charge in [-0.3, -0.25) is 0 Å². The first-order chi connectivity index (χ1) is 18.9. The SMILES string of the molecule is C=Cc1c2[nH]c(c1C)C=C1NC(=Cc3[nH]c(c(C)c3C)C=c3[nH]c(c(C)c3C)=C2)C2(C)C(C)C(C(=O)O)=CCC12. The summed E-state index contributed by atoms with van der Waals surface area (Å²) in [7, 11) is 0. The van der Waals surface area contributed by atoms with Crippen LogP contribution in [0.15, 0.2) is 29.6 Å². The van der Waals surface area contributed by atoms with E-state index in [1.165, 1.54) is 22.3 Å². The molecule has 1 aliphatic carbocycles. The number of hydrogen-bond donors (Lipinski definition) is 5. The Bertz CT molecular complexity index is 1830. The molecule has 206 valence electrons. The second-order valence-corrected chi connectivity index (χ2v) is 11.9. The average molecular weight is 535 g/mol. The smallest absolute Gasteiger partial charge is 0.331 e. The van der Waals surface area contributed by atoms with Gasteiger partial charge in [-0.05, 0) is 99.1 Å². The molecule has 3 atom stereocenters. The molecule has 6 heteroatoms. The largest absolute Gasteiger partial charge is 0.478 e. The van der Waals surface area contributed by atoms with E-state index < -0.39 is 11.4 Å². The summed E-state index contributed by atoms with van der Waals surface area (Å²) in [6, 6.07) is 0. The number of carboxylic acid groups (broad SMARTS) is 1. The Morgan fingerprint density at radius 2 is 1.45 bits per heavy atom. The van der Waals surface area contributed by atoms with Gasteiger partial charge in [-0.2, -0.15) is 0 Å². The number of aromatic amines is 3. The summed E-state index contributed by atoms with van der Waals surface area (Å²) in [6.07, 6.45) is 13.3. The lowest BCUT2D eigenvalue weighted by Gasteiger charge is -2.40. The number of carbonyl (C=O) groups is 1. The van der Waals surface area contributed by atoms with Crippen molar-refractivity contribution in [2.45, 2.75) is 54.9 Å². The number of rotatable bonds is 2. The molecule has 2 aliphatic heterocycles. The van der Waals surface area contributed by atoms with Gasteiger partial charge in [-0.25, -0.2) is 4.79 Å². The minimum absolute atomic E-state index is 0.118. The molecule has 8 bridgehead atoms. The first kappa shape index (κ1) is 26.1. The number of hydrogen-bond acceptors (Lipinski definition) is 2. The fourth-order valence-electron chi connectivity index (χ4n) is 6.95. The third-order valence-electron chi connectivity index (χ3n) is 10.2. The molecule has 3 aromatic heterocycles. The number of nitrogens with one attached hydrogen (secondary N) is 4. The summed E-state index contributed by atoms with van der Waals surface area (Å²) < 4.78 is 0. The molecule has 0 amide bonds. The van der Waals surface area contributed by atoms with Gasteiger partial charge in [0.25, 0.3) is 0 Å². The fourth-order valence-corrected chi connectivity index (χ4v) is 6.95. The standard InChI is InChI=1S/C34H38N4O2/c1-9-22-20(6)28-14-31-24-11-10-23(33(39)40)21(7)34(24,8)32(38-31)15-29-19(5)18(4)26(36-29)12-25-16(2)17(3)27(35-25)13-30(22)37-28/h9-10,12-15,21,24,35-38H,1,11H2,2-8H3,(H,39,40). The molecule has 5 heterocycles.